The van der Waals surface area contributed by atoms with Gasteiger partial charge in [0.05, 0.1) is 63.4 Å². The molecule has 8 aliphatic rings. The fourth-order valence-electron chi connectivity index (χ4n) is 18.0. The minimum Gasteiger partial charge on any atom is -0.544 e. The van der Waals surface area contributed by atoms with Crippen LogP contribution < -0.4 is 62.1 Å². The molecule has 2 fully saturated rings. The number of hydrogen-bond acceptors (Lipinski definition) is 23. The number of rotatable bonds is 19. The van der Waals surface area contributed by atoms with E-state index in [-0.39, 0.29) is 110 Å². The third kappa shape index (κ3) is 14.8. The van der Waals surface area contributed by atoms with Gasteiger partial charge in [-0.25, -0.2) is 0 Å². The van der Waals surface area contributed by atoms with Crippen LogP contribution in [-0.4, -0.2) is 170 Å². The Morgan fingerprint density at radius 1 is 0.540 bits per heavy atom. The molecule has 4 bridgehead atoms. The van der Waals surface area contributed by atoms with E-state index in [4.69, 9.17) is 56.2 Å². The van der Waals surface area contributed by atoms with E-state index < -0.39 is 52.7 Å². The number of piperazine rings is 2. The Balaban J connectivity index is 0.000000198. The predicted octanol–water partition coefficient (Wildman–Crippen LogP) is 12.6. The fraction of sp³-hybridized carbons (Fsp3) is 0.512. The van der Waals surface area contributed by atoms with E-state index in [0.29, 0.717) is 88.6 Å². The number of nitriles is 2. The highest BCUT2D eigenvalue weighted by atomic mass is 28.4. The van der Waals surface area contributed by atoms with E-state index in [1.165, 1.54) is 13.8 Å². The van der Waals surface area contributed by atoms with E-state index in [2.05, 4.69) is 129 Å². The molecule has 8 heterocycles. The summed E-state index contributed by atoms with van der Waals surface area (Å²) >= 11 is 0. The first kappa shape index (κ1) is 81.4. The Bertz CT molecular complexity index is 4830. The Hall–Kier alpha value is -9.59. The number of fused-ring (bicyclic) bond motifs is 18. The van der Waals surface area contributed by atoms with Crippen LogP contribution >= 0.6 is 0 Å². The number of nitrogens with one attached hydrogen (secondary N) is 2. The van der Waals surface area contributed by atoms with Crippen molar-refractivity contribution in [2.24, 2.45) is 0 Å². The van der Waals surface area contributed by atoms with Gasteiger partial charge in [0.1, 0.15) is 35.1 Å². The summed E-state index contributed by atoms with van der Waals surface area (Å²) in [5.41, 5.74) is 11.5. The van der Waals surface area contributed by atoms with Crippen LogP contribution in [0.5, 0.6) is 69.0 Å². The average molecular weight is 1580 g/mol. The number of nitrogens with zero attached hydrogens (tertiary/aromatic N) is 6. The van der Waals surface area contributed by atoms with E-state index in [1.54, 1.807) is 21.3 Å². The second kappa shape index (κ2) is 31.3. The third-order valence-electron chi connectivity index (χ3n) is 25.2. The number of amides is 2. The highest BCUT2D eigenvalue weighted by Gasteiger charge is 2.60. The number of esters is 2. The molecule has 6 aromatic carbocycles. The molecule has 0 unspecified atom stereocenters. The van der Waals surface area contributed by atoms with Gasteiger partial charge in [-0.05, 0) is 161 Å². The quantitative estimate of drug-likeness (QED) is 0.0294. The average Bonchev–Trinajstić information content (AvgIpc) is 1.18. The number of phenols is 1. The van der Waals surface area contributed by atoms with Crippen molar-refractivity contribution in [1.82, 2.24) is 30.2 Å². The minimum absolute atomic E-state index is 0.00777. The summed E-state index contributed by atoms with van der Waals surface area (Å²) in [6, 6.07) is 20.9. The molecule has 14 rings (SSSR count). The van der Waals surface area contributed by atoms with Gasteiger partial charge < -0.3 is 72.0 Å². The highest BCUT2D eigenvalue weighted by Crippen LogP contribution is 2.62. The van der Waals surface area contributed by atoms with Crippen molar-refractivity contribution in [3.05, 3.63) is 139 Å². The molecule has 0 aliphatic carbocycles. The lowest BCUT2D eigenvalue weighted by molar-refractivity contribution is -0.133. The van der Waals surface area contributed by atoms with Crippen molar-refractivity contribution in [2.75, 3.05) is 68.9 Å². The molecule has 27 heteroatoms. The van der Waals surface area contributed by atoms with Crippen LogP contribution in [0.25, 0.3) is 0 Å². The molecule has 10 atom stereocenters. The van der Waals surface area contributed by atoms with Gasteiger partial charge in [0.15, 0.2) is 52.8 Å². The van der Waals surface area contributed by atoms with Gasteiger partial charge in [0, 0.05) is 103 Å². The van der Waals surface area contributed by atoms with Gasteiger partial charge in [-0.15, -0.1) is 0 Å². The molecular formula is C86H108N8O17Si2. The zero-order valence-corrected chi connectivity index (χ0v) is 71.0. The van der Waals surface area contributed by atoms with Crippen molar-refractivity contribution in [1.29, 1.82) is 10.5 Å². The Kier molecular flexibility index (Phi) is 22.6. The second-order valence-electron chi connectivity index (χ2n) is 34.2. The Labute approximate surface area is 665 Å². The molecule has 0 spiro atoms. The second-order valence-corrected chi connectivity index (χ2v) is 43.6. The monoisotopic (exact) mass is 1580 g/mol. The summed E-state index contributed by atoms with van der Waals surface area (Å²) < 4.78 is 72.6. The van der Waals surface area contributed by atoms with Crippen molar-refractivity contribution in [3.8, 4) is 81.1 Å². The number of methoxy groups -OCH3 is 3. The first-order chi connectivity index (χ1) is 53.5. The van der Waals surface area contributed by atoms with Crippen LogP contribution in [0.15, 0.2) is 60.7 Å². The number of carbonyl (C=O) groups is 4. The van der Waals surface area contributed by atoms with E-state index in [1.807, 2.05) is 83.3 Å². The van der Waals surface area contributed by atoms with Gasteiger partial charge in [-0.1, -0.05) is 77.9 Å². The Morgan fingerprint density at radius 3 is 1.31 bits per heavy atom. The number of likely N-dealkylation sites (N-methyl/N-ethyl adjacent to an activating group) is 2. The van der Waals surface area contributed by atoms with Crippen molar-refractivity contribution in [2.45, 2.75) is 218 Å². The molecule has 25 nitrogen and oxygen atoms in total. The van der Waals surface area contributed by atoms with Gasteiger partial charge >= 0.3 is 11.9 Å². The van der Waals surface area contributed by atoms with Crippen molar-refractivity contribution in [3.63, 3.8) is 0 Å². The highest BCUT2D eigenvalue weighted by molar-refractivity contribution is 6.75. The predicted molar refractivity (Wildman–Crippen MR) is 428 cm³/mol. The number of benzene rings is 6. The topological polar surface area (TPSA) is 284 Å². The number of aryl methyl sites for hydroxylation is 2. The molecular weight excluding hydrogens is 1470 g/mol. The zero-order valence-electron chi connectivity index (χ0n) is 69.0. The normalized spacial score (nSPS) is 22.5. The van der Waals surface area contributed by atoms with E-state index >= 15 is 0 Å². The maximum atomic E-state index is 13.9. The molecule has 0 saturated carbocycles. The van der Waals surface area contributed by atoms with Gasteiger partial charge in [-0.2, -0.15) is 10.5 Å². The summed E-state index contributed by atoms with van der Waals surface area (Å²) in [5, 5.41) is 40.4. The molecule has 602 valence electrons. The van der Waals surface area contributed by atoms with Crippen LogP contribution in [0, 0.1) is 50.4 Å². The number of carbonyl (C=O) groups excluding carboxylic acids is 4. The first-order valence-corrected chi connectivity index (χ1v) is 44.6. The van der Waals surface area contributed by atoms with Crippen molar-refractivity contribution >= 4 is 40.4 Å². The van der Waals surface area contributed by atoms with Gasteiger partial charge in [-0.3, -0.25) is 38.8 Å². The molecule has 3 N–H and O–H groups in total. The lowest BCUT2D eigenvalue weighted by Gasteiger charge is -2.60. The maximum absolute atomic E-state index is 13.9. The molecule has 0 aromatic heterocycles. The summed E-state index contributed by atoms with van der Waals surface area (Å²) in [7, 11) is 4.76. The molecule has 2 saturated heterocycles. The molecule has 113 heavy (non-hydrogen) atoms. The molecule has 6 aromatic rings. The van der Waals surface area contributed by atoms with Crippen LogP contribution in [0.1, 0.15) is 157 Å². The standard InChI is InChI=1S/C44H56N4O9Si.C42H52N4O8Si/c1-24-16-28-18-31-33(20-45)48-32(38(47(31)7)36(28)42(39(24)52-9)53-22-51-8)19-30-37(43-41(54-23-55-43)25(2)40(30)56-26(3)49)34(48)21-46-35(50)17-27-12-14-29(15-13-27)57-58(10,11)44(4,5)6;1-22-15-26-17-29-31(19-43)46-30(36(45(29)7)34(26)37(49)38(22)50-8)18-28-35(41-40(51-21-52-41)23(2)39(28)53-24(3)47)32(46)20-44-33(48)16-25-11-13-27(14-12-25)54-55(9,10)42(4,5)6/h12-16,31-34,38H,17-19,21-23H2,1-11H3,(H,46,50);11-15,29-32,36,49H,16-18,20-21H2,1-10H3,(H,44,48)/t31-,32-,33-,34-,38-;29-,30-,31-,32-,36-/m00/s1. The lowest BCUT2D eigenvalue weighted by atomic mass is 9.71. The Morgan fingerprint density at radius 2 is 0.929 bits per heavy atom. The largest absolute Gasteiger partial charge is 0.544 e. The van der Waals surface area contributed by atoms with Gasteiger partial charge in [0.2, 0.25) is 42.0 Å². The third-order valence-corrected chi connectivity index (χ3v) is 34.0. The molecule has 0 radical (unpaired) electrons. The van der Waals surface area contributed by atoms with Crippen LogP contribution in [-0.2, 0) is 62.4 Å². The summed E-state index contributed by atoms with van der Waals surface area (Å²) in [5.74, 6) is 4.85. The summed E-state index contributed by atoms with van der Waals surface area (Å²) in [4.78, 5) is 61.9. The van der Waals surface area contributed by atoms with Crippen molar-refractivity contribution < 1.29 is 80.5 Å². The zero-order chi connectivity index (χ0) is 81.6. The fourth-order valence-corrected chi connectivity index (χ4v) is 20.1. The van der Waals surface area contributed by atoms with E-state index in [0.717, 1.165) is 78.3 Å². The molecule has 2 amide bonds. The first-order valence-electron chi connectivity index (χ1n) is 38.8. The SMILES string of the molecule is COCOc1c(OC)c(C)cc2c1[C@@H]1[C@@H]3Cc4c(OC(C)=O)c(C)c5c(c4[C@H](CNC(=O)Cc4ccc(O[Si](C)(C)C(C)(C)C)cc4)N3[C@@H](C#N)[C@H](C2)N1C)OCO5.COc1c(C)cc2c(c1O)[C@@H]1[C@@H]3Cc4c(OC(C)=O)c(C)c5c(c4[C@H](CNC(=O)Cc4ccc(O[Si](C)(C)C(C)(C)C)cc4)N3[C@@H](C#N)[C@H](C2)N1C)OCO5. The number of ether oxygens (including phenoxy) is 10. The van der Waals surface area contributed by atoms with E-state index in [9.17, 15) is 34.8 Å². The lowest BCUT2D eigenvalue weighted by Crippen LogP contribution is -2.68. The maximum Gasteiger partial charge on any atom is 0.308 e. The summed E-state index contributed by atoms with van der Waals surface area (Å²) in [6.07, 6.45) is 2.19. The number of hydrogen-bond donors (Lipinski definition) is 3. The van der Waals surface area contributed by atoms with Crippen LogP contribution in [0.3, 0.4) is 0 Å². The minimum atomic E-state index is -2.03. The number of phenolic OH excluding ortho intramolecular Hbond substituents is 1. The molecule has 8 aliphatic heterocycles. The number of aromatic hydroxyl groups is 1. The van der Waals surface area contributed by atoms with Crippen LogP contribution in [0.2, 0.25) is 36.3 Å². The van der Waals surface area contributed by atoms with Crippen LogP contribution in [0.4, 0.5) is 0 Å². The summed E-state index contributed by atoms with van der Waals surface area (Å²) in [6.45, 7) is 32.7. The smallest absolute Gasteiger partial charge is 0.308 e. The van der Waals surface area contributed by atoms with Gasteiger partial charge in [0.25, 0.3) is 0 Å².